The van der Waals surface area contributed by atoms with Gasteiger partial charge in [-0.3, -0.25) is 19.4 Å². The molecule has 0 radical (unpaired) electrons. The first-order valence-electron chi connectivity index (χ1n) is 11.3. The van der Waals surface area contributed by atoms with Gasteiger partial charge in [-0.1, -0.05) is 6.07 Å². The van der Waals surface area contributed by atoms with Crippen LogP contribution in [0.15, 0.2) is 24.4 Å². The molecule has 12 heteroatoms. The Morgan fingerprint density at radius 3 is 2.70 bits per heavy atom. The summed E-state index contributed by atoms with van der Waals surface area (Å²) in [6, 6.07) is 3.47. The Kier molecular flexibility index (Phi) is 11.7. The molecule has 1 aliphatic heterocycles. The number of likely N-dealkylation sites (tertiary alicyclic amines) is 1. The van der Waals surface area contributed by atoms with Gasteiger partial charge in [-0.2, -0.15) is 11.8 Å². The number of nitrogens with zero attached hydrogens (tertiary/aromatic N) is 2. The van der Waals surface area contributed by atoms with Crippen molar-refractivity contribution in [1.29, 1.82) is 0 Å². The molecule has 0 unspecified atom stereocenters. The molecule has 1 fully saturated rings. The number of hydrogen-bond acceptors (Lipinski definition) is 8. The average molecular weight is 479 g/mol. The van der Waals surface area contributed by atoms with Gasteiger partial charge in [0.1, 0.15) is 17.8 Å². The highest BCUT2D eigenvalue weighted by Gasteiger charge is 2.37. The third kappa shape index (κ3) is 8.29. The largest absolute Gasteiger partial charge is 0.475 e. The van der Waals surface area contributed by atoms with E-state index in [-0.39, 0.29) is 11.6 Å². The van der Waals surface area contributed by atoms with E-state index < -0.39 is 37.0 Å². The molecule has 10 nitrogen and oxygen atoms in total. The Bertz CT molecular complexity index is 773. The van der Waals surface area contributed by atoms with Crippen molar-refractivity contribution in [2.24, 2.45) is 5.73 Å². The standard InChI is InChI=1S/C21H34BN5O5S/c1-33-14-10-18(22(31)32)26-19(28)15(7-2-4-11-23)25-20(29)17-9-6-13-27(17)21(30)16-8-3-5-12-24-16/h3,5,8,12,15,17-18,31-32H,2,4,6-7,9-11,13-14,23H2,1H3,(H,25,29)(H,26,28)/t15-,17-,18-/m0/s1. The minimum absolute atomic E-state index is 0.267. The summed E-state index contributed by atoms with van der Waals surface area (Å²) in [7, 11) is -1.71. The Morgan fingerprint density at radius 1 is 1.27 bits per heavy atom. The molecule has 1 aliphatic rings. The number of amides is 3. The lowest BCUT2D eigenvalue weighted by atomic mass is 9.77. The lowest BCUT2D eigenvalue weighted by molar-refractivity contribution is -0.131. The van der Waals surface area contributed by atoms with Gasteiger partial charge in [0.2, 0.25) is 11.8 Å². The van der Waals surface area contributed by atoms with E-state index in [1.165, 1.54) is 22.9 Å². The molecule has 0 spiro atoms. The molecule has 1 aromatic heterocycles. The summed E-state index contributed by atoms with van der Waals surface area (Å²) < 4.78 is 0. The van der Waals surface area contributed by atoms with Crippen LogP contribution in [0.4, 0.5) is 0 Å². The molecule has 1 aromatic rings. The number of unbranched alkanes of at least 4 members (excludes halogenated alkanes) is 1. The van der Waals surface area contributed by atoms with E-state index in [1.54, 1.807) is 18.2 Å². The predicted molar refractivity (Wildman–Crippen MR) is 128 cm³/mol. The number of nitrogens with two attached hydrogens (primary N) is 1. The quantitative estimate of drug-likeness (QED) is 0.188. The van der Waals surface area contributed by atoms with Crippen LogP contribution < -0.4 is 16.4 Å². The number of pyridine rings is 1. The van der Waals surface area contributed by atoms with Gasteiger partial charge < -0.3 is 31.3 Å². The zero-order valence-electron chi connectivity index (χ0n) is 19.0. The van der Waals surface area contributed by atoms with Crippen LogP contribution in [-0.2, 0) is 9.59 Å². The fourth-order valence-corrected chi connectivity index (χ4v) is 4.26. The van der Waals surface area contributed by atoms with E-state index in [4.69, 9.17) is 5.73 Å². The van der Waals surface area contributed by atoms with Gasteiger partial charge in [0.05, 0.1) is 5.94 Å². The van der Waals surface area contributed by atoms with Gasteiger partial charge in [-0.05, 0) is 69.2 Å². The predicted octanol–water partition coefficient (Wildman–Crippen LogP) is -0.450. The molecule has 182 valence electrons. The summed E-state index contributed by atoms with van der Waals surface area (Å²) in [5.74, 6) is -1.42. The number of nitrogens with one attached hydrogen (secondary N) is 2. The van der Waals surface area contributed by atoms with Crippen LogP contribution in [0.3, 0.4) is 0 Å². The van der Waals surface area contributed by atoms with Crippen molar-refractivity contribution in [3.8, 4) is 0 Å². The van der Waals surface area contributed by atoms with Gasteiger partial charge >= 0.3 is 7.12 Å². The smallest absolute Gasteiger partial charge is 0.426 e. The molecule has 0 saturated carbocycles. The highest BCUT2D eigenvalue weighted by molar-refractivity contribution is 7.98. The van der Waals surface area contributed by atoms with Crippen molar-refractivity contribution in [3.05, 3.63) is 30.1 Å². The van der Waals surface area contributed by atoms with Crippen LogP contribution in [-0.4, -0.2) is 87.9 Å². The second kappa shape index (κ2) is 14.2. The van der Waals surface area contributed by atoms with Crippen LogP contribution in [0, 0.1) is 0 Å². The zero-order valence-corrected chi connectivity index (χ0v) is 19.8. The summed E-state index contributed by atoms with van der Waals surface area (Å²) >= 11 is 1.53. The molecular formula is C21H34BN5O5S. The first kappa shape index (κ1) is 27.1. The Balaban J connectivity index is 2.08. The molecule has 1 saturated heterocycles. The van der Waals surface area contributed by atoms with E-state index in [0.29, 0.717) is 57.4 Å². The maximum absolute atomic E-state index is 13.1. The zero-order chi connectivity index (χ0) is 24.2. The van der Waals surface area contributed by atoms with Crippen LogP contribution in [0.25, 0.3) is 0 Å². The van der Waals surface area contributed by atoms with E-state index in [0.717, 1.165) is 0 Å². The average Bonchev–Trinajstić information content (AvgIpc) is 3.31. The van der Waals surface area contributed by atoms with Crippen molar-refractivity contribution in [2.75, 3.05) is 25.1 Å². The Labute approximate surface area is 199 Å². The molecule has 3 amide bonds. The van der Waals surface area contributed by atoms with E-state index in [2.05, 4.69) is 15.6 Å². The Hall–Kier alpha value is -2.15. The number of carbonyl (C=O) groups excluding carboxylic acids is 3. The summed E-state index contributed by atoms with van der Waals surface area (Å²) in [5.41, 5.74) is 5.83. The molecular weight excluding hydrogens is 445 g/mol. The van der Waals surface area contributed by atoms with Crippen molar-refractivity contribution in [3.63, 3.8) is 0 Å². The normalized spacial score (nSPS) is 17.3. The fraction of sp³-hybridized carbons (Fsp3) is 0.619. The molecule has 0 aromatic carbocycles. The monoisotopic (exact) mass is 479 g/mol. The first-order chi connectivity index (χ1) is 15.9. The first-order valence-corrected chi connectivity index (χ1v) is 12.7. The fourth-order valence-electron chi connectivity index (χ4n) is 3.77. The van der Waals surface area contributed by atoms with Crippen LogP contribution >= 0.6 is 11.8 Å². The van der Waals surface area contributed by atoms with Gasteiger partial charge in [0, 0.05) is 12.7 Å². The second-order valence-corrected chi connectivity index (χ2v) is 9.01. The molecule has 0 aliphatic carbocycles. The maximum atomic E-state index is 13.1. The number of hydrogen-bond donors (Lipinski definition) is 5. The van der Waals surface area contributed by atoms with Crippen molar-refractivity contribution < 1.29 is 24.4 Å². The third-order valence-electron chi connectivity index (χ3n) is 5.60. The van der Waals surface area contributed by atoms with E-state index in [9.17, 15) is 24.4 Å². The highest BCUT2D eigenvalue weighted by Crippen LogP contribution is 2.20. The highest BCUT2D eigenvalue weighted by atomic mass is 32.2. The molecule has 0 bridgehead atoms. The summed E-state index contributed by atoms with van der Waals surface area (Å²) in [4.78, 5) is 44.4. The van der Waals surface area contributed by atoms with E-state index in [1.807, 2.05) is 6.26 Å². The van der Waals surface area contributed by atoms with E-state index >= 15 is 0 Å². The van der Waals surface area contributed by atoms with Crippen molar-refractivity contribution >= 4 is 36.6 Å². The van der Waals surface area contributed by atoms with Crippen LogP contribution in [0.1, 0.15) is 49.0 Å². The van der Waals surface area contributed by atoms with Crippen molar-refractivity contribution in [1.82, 2.24) is 20.5 Å². The SMILES string of the molecule is CSCC[C@H](NC(=O)[C@H](CCCCN)NC(=O)[C@@H]1CCCN1C(=O)c1ccccn1)B(O)O. The van der Waals surface area contributed by atoms with Gasteiger partial charge in [0.15, 0.2) is 0 Å². The molecule has 2 rings (SSSR count). The van der Waals surface area contributed by atoms with Gasteiger partial charge in [0.25, 0.3) is 5.91 Å². The minimum atomic E-state index is -1.71. The summed E-state index contributed by atoms with van der Waals surface area (Å²) in [6.07, 6.45) is 6.62. The van der Waals surface area contributed by atoms with Crippen LogP contribution in [0.5, 0.6) is 0 Å². The lowest BCUT2D eigenvalue weighted by Crippen LogP contribution is -2.56. The van der Waals surface area contributed by atoms with Gasteiger partial charge in [-0.25, -0.2) is 0 Å². The molecule has 2 heterocycles. The lowest BCUT2D eigenvalue weighted by Gasteiger charge is -2.27. The number of aromatic nitrogens is 1. The second-order valence-electron chi connectivity index (χ2n) is 8.03. The Morgan fingerprint density at radius 2 is 2.06 bits per heavy atom. The van der Waals surface area contributed by atoms with Gasteiger partial charge in [-0.15, -0.1) is 0 Å². The molecule has 33 heavy (non-hydrogen) atoms. The van der Waals surface area contributed by atoms with Crippen molar-refractivity contribution in [2.45, 2.75) is 56.5 Å². The summed E-state index contributed by atoms with van der Waals surface area (Å²) in [6.45, 7) is 0.897. The number of thioether (sulfide) groups is 1. The molecule has 6 N–H and O–H groups in total. The number of carbonyl (C=O) groups is 3. The third-order valence-corrected chi connectivity index (χ3v) is 6.24. The molecule has 3 atom stereocenters. The number of rotatable bonds is 13. The van der Waals surface area contributed by atoms with Crippen LogP contribution in [0.2, 0.25) is 0 Å². The maximum Gasteiger partial charge on any atom is 0.475 e. The minimum Gasteiger partial charge on any atom is -0.426 e. The topological polar surface area (TPSA) is 158 Å². The summed E-state index contributed by atoms with van der Waals surface area (Å²) in [5, 5.41) is 24.7.